The number of aryl methyl sites for hydroxylation is 1. The maximum absolute atomic E-state index is 13.0. The van der Waals surface area contributed by atoms with Crippen LogP contribution in [0.3, 0.4) is 0 Å². The number of carbonyl (C=O) groups is 2. The number of nitrogens with zero attached hydrogens (tertiary/aromatic N) is 3. The molecule has 0 aliphatic carbocycles. The summed E-state index contributed by atoms with van der Waals surface area (Å²) in [6, 6.07) is 7.64. The van der Waals surface area contributed by atoms with E-state index in [4.69, 9.17) is 0 Å². The zero-order valence-corrected chi connectivity index (χ0v) is 18.3. The molecule has 6 nitrogen and oxygen atoms in total. The Morgan fingerprint density at radius 1 is 1.24 bits per heavy atom. The summed E-state index contributed by atoms with van der Waals surface area (Å²) in [5, 5.41) is 12.4. The smallest absolute Gasteiger partial charge is 0.249 e. The molecule has 0 radical (unpaired) electrons. The van der Waals surface area contributed by atoms with Crippen LogP contribution >= 0.6 is 11.3 Å². The molecule has 1 aromatic heterocycles. The fraction of sp³-hybridized carbons (Fsp3) is 0.545. The average molecular weight is 415 g/mol. The van der Waals surface area contributed by atoms with Gasteiger partial charge in [0, 0.05) is 18.0 Å². The third-order valence-corrected chi connectivity index (χ3v) is 6.43. The van der Waals surface area contributed by atoms with Crippen LogP contribution in [0.1, 0.15) is 57.9 Å². The van der Waals surface area contributed by atoms with Gasteiger partial charge in [-0.15, -0.1) is 10.2 Å². The minimum absolute atomic E-state index is 0.0121. The standard InChI is InChI=1S/C22H30N4O2S/c1-4-6-8-16(5-2)21(28)26-14-7-9-18(26)19(27)23-22-25-24-20(29-22)17-12-10-15(3)11-13-17/h10-13,16,18H,4-9,14H2,1-3H3,(H,23,25,27). The Morgan fingerprint density at radius 3 is 2.69 bits per heavy atom. The molecule has 0 spiro atoms. The number of hydrogen-bond acceptors (Lipinski definition) is 5. The third-order valence-electron chi connectivity index (χ3n) is 5.54. The van der Waals surface area contributed by atoms with Crippen LogP contribution in [0.15, 0.2) is 24.3 Å². The molecule has 2 aromatic rings. The highest BCUT2D eigenvalue weighted by molar-refractivity contribution is 7.18. The summed E-state index contributed by atoms with van der Waals surface area (Å²) < 4.78 is 0. The fourth-order valence-electron chi connectivity index (χ4n) is 3.77. The maximum atomic E-state index is 13.0. The number of hydrogen-bond donors (Lipinski definition) is 1. The van der Waals surface area contributed by atoms with Crippen LogP contribution in [-0.4, -0.2) is 39.5 Å². The zero-order chi connectivity index (χ0) is 20.8. The topological polar surface area (TPSA) is 75.2 Å². The molecule has 156 valence electrons. The van der Waals surface area contributed by atoms with Crippen LogP contribution < -0.4 is 5.32 Å². The van der Waals surface area contributed by atoms with Crippen molar-refractivity contribution in [1.29, 1.82) is 0 Å². The van der Waals surface area contributed by atoms with Gasteiger partial charge in [0.15, 0.2) is 0 Å². The van der Waals surface area contributed by atoms with E-state index in [0.29, 0.717) is 18.1 Å². The number of likely N-dealkylation sites (tertiary alicyclic amines) is 1. The second-order valence-electron chi connectivity index (χ2n) is 7.70. The van der Waals surface area contributed by atoms with Crippen LogP contribution in [0, 0.1) is 12.8 Å². The van der Waals surface area contributed by atoms with Crippen molar-refractivity contribution in [2.24, 2.45) is 5.92 Å². The summed E-state index contributed by atoms with van der Waals surface area (Å²) in [7, 11) is 0. The molecule has 2 amide bonds. The van der Waals surface area contributed by atoms with Gasteiger partial charge in [-0.2, -0.15) is 0 Å². The van der Waals surface area contributed by atoms with Crippen LogP contribution in [0.4, 0.5) is 5.13 Å². The number of carbonyl (C=O) groups excluding carboxylic acids is 2. The lowest BCUT2D eigenvalue weighted by Crippen LogP contribution is -2.45. The van der Waals surface area contributed by atoms with E-state index in [-0.39, 0.29) is 17.7 Å². The summed E-state index contributed by atoms with van der Waals surface area (Å²) in [5.41, 5.74) is 2.16. The summed E-state index contributed by atoms with van der Waals surface area (Å²) >= 11 is 1.35. The first-order valence-corrected chi connectivity index (χ1v) is 11.4. The van der Waals surface area contributed by atoms with E-state index in [0.717, 1.165) is 42.7 Å². The zero-order valence-electron chi connectivity index (χ0n) is 17.5. The number of amides is 2. The predicted molar refractivity (Wildman–Crippen MR) is 117 cm³/mol. The molecule has 1 fully saturated rings. The van der Waals surface area contributed by atoms with Gasteiger partial charge in [0.05, 0.1) is 0 Å². The van der Waals surface area contributed by atoms with Crippen LogP contribution in [0.5, 0.6) is 0 Å². The monoisotopic (exact) mass is 414 g/mol. The largest absolute Gasteiger partial charge is 0.330 e. The highest BCUT2D eigenvalue weighted by Crippen LogP contribution is 2.28. The summed E-state index contributed by atoms with van der Waals surface area (Å²) in [6.45, 7) is 6.88. The van der Waals surface area contributed by atoms with Crippen molar-refractivity contribution in [1.82, 2.24) is 15.1 Å². The van der Waals surface area contributed by atoms with E-state index in [2.05, 4.69) is 29.4 Å². The number of aromatic nitrogens is 2. The van der Waals surface area contributed by atoms with E-state index < -0.39 is 6.04 Å². The molecule has 1 aromatic carbocycles. The van der Waals surface area contributed by atoms with Gasteiger partial charge in [0.25, 0.3) is 0 Å². The molecule has 2 atom stereocenters. The highest BCUT2D eigenvalue weighted by Gasteiger charge is 2.36. The molecular weight excluding hydrogens is 384 g/mol. The van der Waals surface area contributed by atoms with E-state index in [9.17, 15) is 9.59 Å². The van der Waals surface area contributed by atoms with Crippen molar-refractivity contribution in [2.75, 3.05) is 11.9 Å². The van der Waals surface area contributed by atoms with Gasteiger partial charge in [0.1, 0.15) is 11.0 Å². The van der Waals surface area contributed by atoms with Gasteiger partial charge in [-0.3, -0.25) is 14.9 Å². The van der Waals surface area contributed by atoms with Gasteiger partial charge in [-0.25, -0.2) is 0 Å². The van der Waals surface area contributed by atoms with Crippen molar-refractivity contribution in [3.8, 4) is 10.6 Å². The van der Waals surface area contributed by atoms with Gasteiger partial charge < -0.3 is 4.90 Å². The first-order valence-electron chi connectivity index (χ1n) is 10.5. The molecule has 1 aliphatic rings. The Balaban J connectivity index is 1.65. The van der Waals surface area contributed by atoms with E-state index in [1.54, 1.807) is 4.90 Å². The molecular formula is C22H30N4O2S. The highest BCUT2D eigenvalue weighted by atomic mass is 32.1. The minimum Gasteiger partial charge on any atom is -0.330 e. The lowest BCUT2D eigenvalue weighted by Gasteiger charge is -2.27. The van der Waals surface area contributed by atoms with E-state index in [1.165, 1.54) is 16.9 Å². The predicted octanol–water partition coefficient (Wildman–Crippen LogP) is 4.66. The molecule has 1 saturated heterocycles. The number of unbranched alkanes of at least 4 members (excludes halogenated alkanes) is 1. The van der Waals surface area contributed by atoms with E-state index >= 15 is 0 Å². The second kappa shape index (κ2) is 9.96. The molecule has 2 unspecified atom stereocenters. The lowest BCUT2D eigenvalue weighted by atomic mass is 9.97. The average Bonchev–Trinajstić information content (AvgIpc) is 3.38. The summed E-state index contributed by atoms with van der Waals surface area (Å²) in [4.78, 5) is 27.6. The molecule has 7 heteroatoms. The Labute approximate surface area is 176 Å². The van der Waals surface area contributed by atoms with Gasteiger partial charge in [-0.1, -0.05) is 67.9 Å². The third kappa shape index (κ3) is 5.21. The number of anilines is 1. The normalized spacial score (nSPS) is 17.3. The Kier molecular flexibility index (Phi) is 7.36. The Bertz CT molecular complexity index is 834. The lowest BCUT2D eigenvalue weighted by molar-refractivity contribution is -0.140. The van der Waals surface area contributed by atoms with Crippen molar-refractivity contribution in [3.05, 3.63) is 29.8 Å². The van der Waals surface area contributed by atoms with Crippen LogP contribution in [0.2, 0.25) is 0 Å². The molecule has 0 bridgehead atoms. The molecule has 3 rings (SSSR count). The van der Waals surface area contributed by atoms with Crippen molar-refractivity contribution in [2.45, 2.75) is 65.3 Å². The summed E-state index contributed by atoms with van der Waals surface area (Å²) in [6.07, 6.45) is 5.40. The van der Waals surface area contributed by atoms with Crippen LogP contribution in [-0.2, 0) is 9.59 Å². The summed E-state index contributed by atoms with van der Waals surface area (Å²) in [5.74, 6) is -0.0259. The van der Waals surface area contributed by atoms with E-state index in [1.807, 2.05) is 31.2 Å². The Morgan fingerprint density at radius 2 is 2.00 bits per heavy atom. The van der Waals surface area contributed by atoms with Crippen molar-refractivity contribution in [3.63, 3.8) is 0 Å². The molecule has 29 heavy (non-hydrogen) atoms. The molecule has 1 N–H and O–H groups in total. The SMILES string of the molecule is CCCCC(CC)C(=O)N1CCCC1C(=O)Nc1nnc(-c2ccc(C)cc2)s1. The van der Waals surface area contributed by atoms with Crippen LogP contribution in [0.25, 0.3) is 10.6 Å². The first-order chi connectivity index (χ1) is 14.0. The number of nitrogens with one attached hydrogen (secondary N) is 1. The Hall–Kier alpha value is -2.28. The number of benzene rings is 1. The van der Waals surface area contributed by atoms with Gasteiger partial charge in [0.2, 0.25) is 16.9 Å². The van der Waals surface area contributed by atoms with Gasteiger partial charge >= 0.3 is 0 Å². The van der Waals surface area contributed by atoms with Gasteiger partial charge in [-0.05, 0) is 32.6 Å². The van der Waals surface area contributed by atoms with Crippen molar-refractivity contribution >= 4 is 28.3 Å². The fourth-order valence-corrected chi connectivity index (χ4v) is 4.52. The maximum Gasteiger partial charge on any atom is 0.249 e. The minimum atomic E-state index is -0.412. The van der Waals surface area contributed by atoms with Crippen molar-refractivity contribution < 1.29 is 9.59 Å². The first kappa shape index (κ1) is 21.4. The quantitative estimate of drug-likeness (QED) is 0.682. The molecule has 1 aliphatic heterocycles. The molecule has 0 saturated carbocycles. The second-order valence-corrected chi connectivity index (χ2v) is 8.68. The molecule has 2 heterocycles. The number of rotatable bonds is 8.